The van der Waals surface area contributed by atoms with Crippen LogP contribution in [-0.2, 0) is 4.79 Å². The average molecular weight is 551 g/mol. The van der Waals surface area contributed by atoms with Crippen LogP contribution in [-0.4, -0.2) is 57.9 Å². The molecular weight excluding hydrogens is 522 g/mol. The van der Waals surface area contributed by atoms with E-state index in [1.165, 1.54) is 24.3 Å². The first kappa shape index (κ1) is 26.6. The average Bonchev–Trinajstić information content (AvgIpc) is 3.31. The van der Waals surface area contributed by atoms with Crippen molar-refractivity contribution in [2.24, 2.45) is 4.99 Å². The number of phenolic OH excluding ortho intramolecular Hbond substituents is 1. The van der Waals surface area contributed by atoms with E-state index in [1.807, 2.05) is 41.4 Å². The minimum atomic E-state index is -0.314. The number of hydrazine groups is 1. The third kappa shape index (κ3) is 5.66. The number of nitrogens with zero attached hydrogens (tertiary/aromatic N) is 4. The van der Waals surface area contributed by atoms with Gasteiger partial charge in [-0.1, -0.05) is 66.7 Å². The Morgan fingerprint density at radius 1 is 0.756 bits per heavy atom. The van der Waals surface area contributed by atoms with Crippen molar-refractivity contribution in [3.8, 4) is 5.75 Å². The molecule has 0 aromatic heterocycles. The summed E-state index contributed by atoms with van der Waals surface area (Å²) in [4.78, 5) is 20.8. The number of halogens is 2. The van der Waals surface area contributed by atoms with Gasteiger partial charge in [0, 0.05) is 31.7 Å². The number of carbonyl (C=O) groups excluding carboxylic acids is 1. The maximum Gasteiger partial charge on any atom is 0.292 e. The van der Waals surface area contributed by atoms with Gasteiger partial charge in [0.05, 0.1) is 6.04 Å². The highest BCUT2D eigenvalue weighted by Crippen LogP contribution is 2.32. The zero-order valence-electron chi connectivity index (χ0n) is 22.2. The molecule has 2 aliphatic rings. The first-order valence-electron chi connectivity index (χ1n) is 13.5. The van der Waals surface area contributed by atoms with Gasteiger partial charge in [-0.3, -0.25) is 9.69 Å². The molecule has 206 valence electrons. The molecule has 2 aliphatic heterocycles. The van der Waals surface area contributed by atoms with Crippen molar-refractivity contribution in [1.29, 1.82) is 0 Å². The van der Waals surface area contributed by atoms with E-state index in [1.54, 1.807) is 53.5 Å². The second-order valence-electron chi connectivity index (χ2n) is 10.0. The van der Waals surface area contributed by atoms with E-state index in [-0.39, 0.29) is 35.0 Å². The van der Waals surface area contributed by atoms with Crippen LogP contribution >= 0.6 is 0 Å². The monoisotopic (exact) mass is 550 g/mol. The number of amides is 1. The van der Waals surface area contributed by atoms with Gasteiger partial charge in [-0.2, -0.15) is 0 Å². The Morgan fingerprint density at radius 2 is 1.37 bits per heavy atom. The fraction of sp³-hybridized carbons (Fsp3) is 0.152. The lowest BCUT2D eigenvalue weighted by Gasteiger charge is -2.42. The van der Waals surface area contributed by atoms with E-state index in [0.29, 0.717) is 37.6 Å². The minimum Gasteiger partial charge on any atom is -0.508 e. The van der Waals surface area contributed by atoms with Gasteiger partial charge in [0.25, 0.3) is 5.91 Å². The highest BCUT2D eigenvalue weighted by atomic mass is 19.1. The number of amidine groups is 1. The minimum absolute atomic E-state index is 0.113. The second-order valence-corrected chi connectivity index (χ2v) is 10.0. The summed E-state index contributed by atoms with van der Waals surface area (Å²) in [5, 5.41) is 13.5. The lowest BCUT2D eigenvalue weighted by atomic mass is 9.96. The highest BCUT2D eigenvalue weighted by molar-refractivity contribution is 6.19. The van der Waals surface area contributed by atoms with E-state index >= 15 is 0 Å². The summed E-state index contributed by atoms with van der Waals surface area (Å²) in [7, 11) is 0. The maximum absolute atomic E-state index is 13.8. The van der Waals surface area contributed by atoms with Gasteiger partial charge in [0.1, 0.15) is 23.1 Å². The van der Waals surface area contributed by atoms with E-state index in [4.69, 9.17) is 4.99 Å². The fourth-order valence-electron chi connectivity index (χ4n) is 5.39. The second kappa shape index (κ2) is 11.4. The predicted octanol–water partition coefficient (Wildman–Crippen LogP) is 5.62. The van der Waals surface area contributed by atoms with Crippen LogP contribution in [0.1, 0.15) is 28.3 Å². The van der Waals surface area contributed by atoms with Crippen molar-refractivity contribution < 1.29 is 18.7 Å². The molecule has 4 aromatic carbocycles. The summed E-state index contributed by atoms with van der Waals surface area (Å²) in [5.41, 5.74) is 3.60. The molecule has 0 spiro atoms. The third-order valence-corrected chi connectivity index (χ3v) is 7.35. The van der Waals surface area contributed by atoms with Gasteiger partial charge in [-0.25, -0.2) is 23.8 Å². The zero-order chi connectivity index (χ0) is 28.3. The summed E-state index contributed by atoms with van der Waals surface area (Å²) in [5.74, 6) is -0.210. The molecule has 0 radical (unpaired) electrons. The SMILES string of the molecule is O=C1/C(=C/c2cccc(O)c2)N=C(c2ccccc2)N1N1CCN(C(c2ccc(F)cc2)c2ccc(F)cc2)CC1. The number of hydrogen-bond donors (Lipinski definition) is 1. The highest BCUT2D eigenvalue weighted by Gasteiger charge is 2.38. The van der Waals surface area contributed by atoms with Crippen molar-refractivity contribution in [2.45, 2.75) is 6.04 Å². The van der Waals surface area contributed by atoms with Crippen molar-refractivity contribution in [3.63, 3.8) is 0 Å². The first-order chi connectivity index (χ1) is 20.0. The number of rotatable bonds is 6. The standard InChI is InChI=1S/C33H28F2N4O2/c34-27-13-9-24(10-14-27)31(25-11-15-28(35)16-12-25)37-17-19-38(20-18-37)39-32(26-6-2-1-3-7-26)36-30(33(39)41)22-23-5-4-8-29(40)21-23/h1-16,21-22,31,40H,17-20H2/b30-22-. The molecule has 6 nitrogen and oxygen atoms in total. The molecule has 0 bridgehead atoms. The summed E-state index contributed by atoms with van der Waals surface area (Å²) in [6.07, 6.45) is 1.68. The normalized spacial score (nSPS) is 17.4. The van der Waals surface area contributed by atoms with Gasteiger partial charge < -0.3 is 5.11 Å². The van der Waals surface area contributed by atoms with Gasteiger partial charge in [0.2, 0.25) is 0 Å². The smallest absolute Gasteiger partial charge is 0.292 e. The predicted molar refractivity (Wildman–Crippen MR) is 154 cm³/mol. The Bertz CT molecular complexity index is 1550. The van der Waals surface area contributed by atoms with Crippen molar-refractivity contribution in [2.75, 3.05) is 26.2 Å². The molecule has 0 aliphatic carbocycles. The molecule has 1 N–H and O–H groups in total. The molecule has 1 amide bonds. The molecular formula is C33H28F2N4O2. The number of hydrogen-bond acceptors (Lipinski definition) is 5. The van der Waals surface area contributed by atoms with Gasteiger partial charge in [-0.05, 0) is 59.2 Å². The number of benzene rings is 4. The Kier molecular flexibility index (Phi) is 7.41. The van der Waals surface area contributed by atoms with E-state index in [0.717, 1.165) is 16.7 Å². The molecule has 0 atom stereocenters. The van der Waals surface area contributed by atoms with E-state index < -0.39 is 0 Å². The number of aromatic hydroxyl groups is 1. The van der Waals surface area contributed by atoms with E-state index in [9.17, 15) is 18.7 Å². The molecule has 0 saturated carbocycles. The van der Waals surface area contributed by atoms with Crippen LogP contribution in [0.5, 0.6) is 5.75 Å². The lowest BCUT2D eigenvalue weighted by molar-refractivity contribution is -0.136. The van der Waals surface area contributed by atoms with E-state index in [2.05, 4.69) is 4.90 Å². The van der Waals surface area contributed by atoms with Gasteiger partial charge in [0.15, 0.2) is 5.84 Å². The zero-order valence-corrected chi connectivity index (χ0v) is 22.2. The quantitative estimate of drug-likeness (QED) is 0.317. The molecule has 1 saturated heterocycles. The maximum atomic E-state index is 13.8. The molecule has 1 fully saturated rings. The summed E-state index contributed by atoms with van der Waals surface area (Å²) >= 11 is 0. The van der Waals surface area contributed by atoms with Gasteiger partial charge >= 0.3 is 0 Å². The molecule has 41 heavy (non-hydrogen) atoms. The lowest BCUT2D eigenvalue weighted by Crippen LogP contribution is -2.56. The van der Waals surface area contributed by atoms with Crippen LogP contribution in [0.2, 0.25) is 0 Å². The number of phenols is 1. The number of aliphatic imine (C=N–C) groups is 1. The van der Waals surface area contributed by atoms with Gasteiger partial charge in [-0.15, -0.1) is 0 Å². The Hall–Kier alpha value is -4.66. The summed E-state index contributed by atoms with van der Waals surface area (Å²) < 4.78 is 27.5. The van der Waals surface area contributed by atoms with Crippen molar-refractivity contribution >= 4 is 17.8 Å². The van der Waals surface area contributed by atoms with Crippen LogP contribution in [0.15, 0.2) is 114 Å². The number of piperazine rings is 1. The topological polar surface area (TPSA) is 59.4 Å². The van der Waals surface area contributed by atoms with Crippen LogP contribution in [0, 0.1) is 11.6 Å². The molecule has 6 rings (SSSR count). The molecule has 2 heterocycles. The van der Waals surface area contributed by atoms with Crippen molar-refractivity contribution in [3.05, 3.63) is 143 Å². The third-order valence-electron chi connectivity index (χ3n) is 7.35. The molecule has 8 heteroatoms. The summed E-state index contributed by atoms with van der Waals surface area (Å²) in [6, 6.07) is 28.9. The largest absolute Gasteiger partial charge is 0.508 e. The van der Waals surface area contributed by atoms with Crippen molar-refractivity contribution in [1.82, 2.24) is 14.9 Å². The summed E-state index contributed by atoms with van der Waals surface area (Å²) in [6.45, 7) is 2.29. The Labute approximate surface area is 237 Å². The number of carbonyl (C=O) groups is 1. The Morgan fingerprint density at radius 3 is 1.95 bits per heavy atom. The van der Waals surface area contributed by atoms with Crippen LogP contribution in [0.4, 0.5) is 8.78 Å². The molecule has 4 aromatic rings. The Balaban J connectivity index is 1.28. The molecule has 0 unspecified atom stereocenters. The van der Waals surface area contributed by atoms with Crippen LogP contribution in [0.3, 0.4) is 0 Å². The first-order valence-corrected chi connectivity index (χ1v) is 13.5. The van der Waals surface area contributed by atoms with Crippen LogP contribution in [0.25, 0.3) is 6.08 Å². The van der Waals surface area contributed by atoms with Crippen LogP contribution < -0.4 is 0 Å². The fourth-order valence-corrected chi connectivity index (χ4v) is 5.39.